The van der Waals surface area contributed by atoms with Crippen molar-refractivity contribution in [2.45, 2.75) is 25.9 Å². The molecule has 2 fully saturated rings. The smallest absolute Gasteiger partial charge is 0.146 e. The fourth-order valence-electron chi connectivity index (χ4n) is 3.57. The lowest BCUT2D eigenvalue weighted by Gasteiger charge is -2.32. The molecule has 1 aromatic heterocycles. The van der Waals surface area contributed by atoms with Gasteiger partial charge in [-0.25, -0.2) is 4.98 Å². The molecule has 28 heavy (non-hydrogen) atoms. The second kappa shape index (κ2) is 10.6. The summed E-state index contributed by atoms with van der Waals surface area (Å²) in [6.45, 7) is 13.0. The molecule has 0 bridgehead atoms. The molecule has 2 N–H and O–H groups in total. The molecule has 0 spiro atoms. The molecule has 2 saturated heterocycles. The third-order valence-corrected chi connectivity index (χ3v) is 5.50. The lowest BCUT2D eigenvalue weighted by molar-refractivity contribution is 0.0227. The molecule has 2 atom stereocenters. The topological polar surface area (TPSA) is 85.7 Å². The van der Waals surface area contributed by atoms with Crippen LogP contribution in [0.2, 0.25) is 0 Å². The highest BCUT2D eigenvalue weighted by molar-refractivity contribution is 5.56. The van der Waals surface area contributed by atoms with E-state index in [9.17, 15) is 5.26 Å². The molecule has 8 nitrogen and oxygen atoms in total. The molecule has 0 aromatic carbocycles. The van der Waals surface area contributed by atoms with E-state index in [0.29, 0.717) is 23.5 Å². The Morgan fingerprint density at radius 1 is 0.964 bits per heavy atom. The zero-order chi connectivity index (χ0) is 19.8. The van der Waals surface area contributed by atoms with E-state index >= 15 is 0 Å². The van der Waals surface area contributed by atoms with Crippen LogP contribution in [0.3, 0.4) is 0 Å². The number of nitrogens with zero attached hydrogens (tertiary/aromatic N) is 4. The van der Waals surface area contributed by atoms with Gasteiger partial charge >= 0.3 is 0 Å². The molecule has 0 aliphatic carbocycles. The molecule has 0 radical (unpaired) electrons. The lowest BCUT2D eigenvalue weighted by Crippen LogP contribution is -2.45. The highest BCUT2D eigenvalue weighted by Gasteiger charge is 2.18. The Balaban J connectivity index is 1.54. The van der Waals surface area contributed by atoms with Crippen molar-refractivity contribution in [1.29, 1.82) is 5.26 Å². The Morgan fingerprint density at radius 3 is 2.04 bits per heavy atom. The predicted octanol–water partition coefficient (Wildman–Crippen LogP) is 1.22. The molecule has 154 valence electrons. The fourth-order valence-corrected chi connectivity index (χ4v) is 3.57. The minimum atomic E-state index is 0.357. The first-order valence-electron chi connectivity index (χ1n) is 10.2. The maximum absolute atomic E-state index is 9.42. The second-order valence-corrected chi connectivity index (χ2v) is 7.46. The van der Waals surface area contributed by atoms with E-state index in [2.05, 4.69) is 45.3 Å². The first kappa shape index (κ1) is 20.8. The molecular formula is C20H32N6O2. The fraction of sp³-hybridized carbons (Fsp3) is 0.700. The first-order valence-corrected chi connectivity index (χ1v) is 10.2. The Labute approximate surface area is 167 Å². The van der Waals surface area contributed by atoms with E-state index in [4.69, 9.17) is 9.47 Å². The number of morpholine rings is 2. The maximum atomic E-state index is 9.42. The van der Waals surface area contributed by atoms with E-state index in [1.807, 2.05) is 12.1 Å². The quantitative estimate of drug-likeness (QED) is 0.688. The second-order valence-electron chi connectivity index (χ2n) is 7.46. The van der Waals surface area contributed by atoms with Crippen LogP contribution in [0.5, 0.6) is 0 Å². The molecule has 2 aliphatic rings. The zero-order valence-corrected chi connectivity index (χ0v) is 17.0. The number of nitrogens with one attached hydrogen (secondary N) is 2. The number of nitriles is 1. The minimum absolute atomic E-state index is 0.357. The van der Waals surface area contributed by atoms with Crippen molar-refractivity contribution in [2.24, 2.45) is 0 Å². The Bertz CT molecular complexity index is 653. The molecule has 2 unspecified atom stereocenters. The summed E-state index contributed by atoms with van der Waals surface area (Å²) in [5.41, 5.74) is 0.570. The molecule has 0 saturated carbocycles. The zero-order valence-electron chi connectivity index (χ0n) is 17.0. The number of hydrogen-bond acceptors (Lipinski definition) is 8. The van der Waals surface area contributed by atoms with Gasteiger partial charge in [0.05, 0.1) is 32.0 Å². The van der Waals surface area contributed by atoms with Crippen molar-refractivity contribution in [3.05, 3.63) is 17.7 Å². The van der Waals surface area contributed by atoms with Crippen LogP contribution in [-0.4, -0.2) is 92.6 Å². The van der Waals surface area contributed by atoms with E-state index in [1.54, 1.807) is 0 Å². The molecule has 3 heterocycles. The molecule has 3 rings (SSSR count). The summed E-state index contributed by atoms with van der Waals surface area (Å²) in [5, 5.41) is 16.2. The van der Waals surface area contributed by atoms with Gasteiger partial charge in [0.25, 0.3) is 0 Å². The van der Waals surface area contributed by atoms with Crippen LogP contribution < -0.4 is 10.6 Å². The molecular weight excluding hydrogens is 356 g/mol. The van der Waals surface area contributed by atoms with E-state index in [0.717, 1.165) is 71.5 Å². The van der Waals surface area contributed by atoms with Gasteiger partial charge in [0, 0.05) is 51.4 Å². The summed E-state index contributed by atoms with van der Waals surface area (Å²) in [6.07, 6.45) is 0. The summed E-state index contributed by atoms with van der Waals surface area (Å²) >= 11 is 0. The number of rotatable bonds is 8. The van der Waals surface area contributed by atoms with Crippen molar-refractivity contribution in [2.75, 3.05) is 76.3 Å². The molecule has 8 heteroatoms. The molecule has 1 aromatic rings. The van der Waals surface area contributed by atoms with Gasteiger partial charge in [0.15, 0.2) is 0 Å². The molecule has 0 amide bonds. The van der Waals surface area contributed by atoms with Gasteiger partial charge in [-0.15, -0.1) is 0 Å². The van der Waals surface area contributed by atoms with Crippen LogP contribution in [0.1, 0.15) is 19.4 Å². The van der Waals surface area contributed by atoms with Crippen molar-refractivity contribution in [3.63, 3.8) is 0 Å². The van der Waals surface area contributed by atoms with Gasteiger partial charge in [-0.05, 0) is 26.0 Å². The first-order chi connectivity index (χ1) is 13.7. The van der Waals surface area contributed by atoms with Crippen LogP contribution in [0.25, 0.3) is 0 Å². The number of aromatic nitrogens is 1. The lowest BCUT2D eigenvalue weighted by atomic mass is 10.2. The van der Waals surface area contributed by atoms with Crippen LogP contribution in [-0.2, 0) is 9.47 Å². The van der Waals surface area contributed by atoms with Crippen molar-refractivity contribution in [1.82, 2.24) is 14.8 Å². The maximum Gasteiger partial charge on any atom is 0.146 e. The van der Waals surface area contributed by atoms with Crippen molar-refractivity contribution in [3.8, 4) is 6.07 Å². The summed E-state index contributed by atoms with van der Waals surface area (Å²) in [7, 11) is 0. The normalized spacial score (nSPS) is 20.9. The largest absolute Gasteiger partial charge is 0.379 e. The van der Waals surface area contributed by atoms with Gasteiger partial charge < -0.3 is 20.1 Å². The Kier molecular flexibility index (Phi) is 7.86. The van der Waals surface area contributed by atoms with Gasteiger partial charge in [-0.1, -0.05) is 0 Å². The van der Waals surface area contributed by atoms with E-state index in [1.165, 1.54) is 0 Å². The Morgan fingerprint density at radius 2 is 1.50 bits per heavy atom. The van der Waals surface area contributed by atoms with E-state index < -0.39 is 0 Å². The number of hydrogen-bond donors (Lipinski definition) is 2. The van der Waals surface area contributed by atoms with Crippen LogP contribution in [0, 0.1) is 11.3 Å². The third-order valence-electron chi connectivity index (χ3n) is 5.50. The minimum Gasteiger partial charge on any atom is -0.379 e. The average molecular weight is 389 g/mol. The summed E-state index contributed by atoms with van der Waals surface area (Å²) in [6, 6.07) is 6.70. The Hall–Kier alpha value is -1.92. The van der Waals surface area contributed by atoms with Crippen LogP contribution in [0.15, 0.2) is 12.1 Å². The number of anilines is 2. The molecule has 2 aliphatic heterocycles. The van der Waals surface area contributed by atoms with Crippen LogP contribution >= 0.6 is 0 Å². The predicted molar refractivity (Wildman–Crippen MR) is 110 cm³/mol. The van der Waals surface area contributed by atoms with Gasteiger partial charge in [-0.2, -0.15) is 5.26 Å². The van der Waals surface area contributed by atoms with Crippen LogP contribution in [0.4, 0.5) is 11.6 Å². The monoisotopic (exact) mass is 388 g/mol. The van der Waals surface area contributed by atoms with Gasteiger partial charge in [0.1, 0.15) is 17.7 Å². The summed E-state index contributed by atoms with van der Waals surface area (Å²) in [4.78, 5) is 9.46. The van der Waals surface area contributed by atoms with Gasteiger partial charge in [-0.3, -0.25) is 9.80 Å². The van der Waals surface area contributed by atoms with Gasteiger partial charge in [0.2, 0.25) is 0 Å². The number of ether oxygens (including phenoxy) is 2. The highest BCUT2D eigenvalue weighted by Crippen LogP contribution is 2.17. The SMILES string of the molecule is CC(CNc1ccc(C#N)c(NCC(C)N2CCOCC2)n1)N1CCOCC1. The standard InChI is InChI=1S/C20H32N6O2/c1-16(25-5-9-27-10-6-25)14-22-19-4-3-18(13-21)20(24-19)23-15-17(2)26-7-11-28-12-8-26/h3-4,16-17H,5-12,14-15H2,1-2H3,(H2,22,23,24). The van der Waals surface area contributed by atoms with Crippen molar-refractivity contribution < 1.29 is 9.47 Å². The third kappa shape index (κ3) is 5.79. The summed E-state index contributed by atoms with van der Waals surface area (Å²) < 4.78 is 10.8. The highest BCUT2D eigenvalue weighted by atomic mass is 16.5. The average Bonchev–Trinajstić information content (AvgIpc) is 2.77. The van der Waals surface area contributed by atoms with E-state index in [-0.39, 0.29) is 0 Å². The summed E-state index contributed by atoms with van der Waals surface area (Å²) in [5.74, 6) is 1.44. The number of pyridine rings is 1. The van der Waals surface area contributed by atoms with Crippen molar-refractivity contribution >= 4 is 11.6 Å².